The highest BCUT2D eigenvalue weighted by molar-refractivity contribution is 6.32. The van der Waals surface area contributed by atoms with E-state index >= 15 is 0 Å². The average molecular weight is 309 g/mol. The van der Waals surface area contributed by atoms with Crippen LogP contribution in [0.1, 0.15) is 28.9 Å². The van der Waals surface area contributed by atoms with Crippen molar-refractivity contribution < 1.29 is 13.9 Å². The lowest BCUT2D eigenvalue weighted by molar-refractivity contribution is 0.0939. The lowest BCUT2D eigenvalue weighted by Gasteiger charge is -2.17. The second-order valence-corrected chi connectivity index (χ2v) is 4.79. The Morgan fingerprint density at radius 1 is 1.43 bits per heavy atom. The van der Waals surface area contributed by atoms with Gasteiger partial charge >= 0.3 is 0 Å². The molecule has 2 rings (SSSR count). The summed E-state index contributed by atoms with van der Waals surface area (Å²) < 4.78 is 18.4. The van der Waals surface area contributed by atoms with Gasteiger partial charge in [-0.3, -0.25) is 4.79 Å². The van der Waals surface area contributed by atoms with Crippen LogP contribution < -0.4 is 10.1 Å². The molecule has 1 unspecified atom stereocenters. The summed E-state index contributed by atoms with van der Waals surface area (Å²) in [5.74, 6) is -0.450. The van der Waals surface area contributed by atoms with Crippen LogP contribution in [0.5, 0.6) is 5.75 Å². The third kappa shape index (κ3) is 3.49. The molecule has 0 saturated carbocycles. The number of rotatable bonds is 4. The molecule has 0 bridgehead atoms. The molecule has 0 fully saturated rings. The van der Waals surface area contributed by atoms with Crippen molar-refractivity contribution >= 4 is 17.5 Å². The van der Waals surface area contributed by atoms with Gasteiger partial charge in [-0.1, -0.05) is 29.8 Å². The van der Waals surface area contributed by atoms with Gasteiger partial charge in [-0.05, 0) is 19.1 Å². The molecule has 0 spiro atoms. The minimum atomic E-state index is -0.616. The van der Waals surface area contributed by atoms with Crippen LogP contribution >= 0.6 is 11.6 Å². The number of ether oxygens (including phenoxy) is 1. The van der Waals surface area contributed by atoms with Crippen molar-refractivity contribution in [3.8, 4) is 5.75 Å². The first-order valence-electron chi connectivity index (χ1n) is 6.27. The summed E-state index contributed by atoms with van der Waals surface area (Å²) in [6.45, 7) is 1.80. The van der Waals surface area contributed by atoms with Crippen LogP contribution in [0.3, 0.4) is 0 Å². The van der Waals surface area contributed by atoms with Crippen molar-refractivity contribution in [2.24, 2.45) is 0 Å². The fourth-order valence-electron chi connectivity index (χ4n) is 1.96. The smallest absolute Gasteiger partial charge is 0.254 e. The van der Waals surface area contributed by atoms with E-state index < -0.39 is 11.7 Å². The van der Waals surface area contributed by atoms with Crippen molar-refractivity contribution in [3.63, 3.8) is 0 Å². The van der Waals surface area contributed by atoms with Gasteiger partial charge in [0.05, 0.1) is 24.9 Å². The van der Waals surface area contributed by atoms with Crippen molar-refractivity contribution in [1.29, 1.82) is 0 Å². The molecule has 1 aromatic carbocycles. The number of para-hydroxylation sites is 1. The monoisotopic (exact) mass is 308 g/mol. The normalized spacial score (nSPS) is 11.8. The van der Waals surface area contributed by atoms with Gasteiger partial charge in [-0.2, -0.15) is 0 Å². The fraction of sp³-hybridized carbons (Fsp3) is 0.200. The number of pyridine rings is 1. The van der Waals surface area contributed by atoms with Crippen LogP contribution in [0.25, 0.3) is 0 Å². The number of carbonyl (C=O) groups is 1. The number of hydrogen-bond acceptors (Lipinski definition) is 3. The molecular weight excluding hydrogens is 295 g/mol. The molecule has 1 amide bonds. The average Bonchev–Trinajstić information content (AvgIpc) is 2.49. The second-order valence-electron chi connectivity index (χ2n) is 4.43. The number of halogens is 2. The predicted molar refractivity (Wildman–Crippen MR) is 78.1 cm³/mol. The zero-order valence-corrected chi connectivity index (χ0v) is 12.3. The quantitative estimate of drug-likeness (QED) is 0.881. The Kier molecular flexibility index (Phi) is 4.75. The summed E-state index contributed by atoms with van der Waals surface area (Å²) in [6.07, 6.45) is 0.961. The number of nitrogens with zero attached hydrogens (tertiary/aromatic N) is 1. The molecule has 4 nitrogen and oxygen atoms in total. The minimum Gasteiger partial charge on any atom is -0.496 e. The highest BCUT2D eigenvalue weighted by atomic mass is 35.5. The Bertz CT molecular complexity index is 664. The maximum atomic E-state index is 13.2. The molecule has 110 valence electrons. The van der Waals surface area contributed by atoms with Crippen LogP contribution in [-0.4, -0.2) is 18.0 Å². The molecule has 6 heteroatoms. The standard InChI is InChI=1S/C15H14ClFN2O2/c1-9(11-5-3-4-6-13(11)21-2)19-15(20)12-7-10(17)8-18-14(12)16/h3-9H,1-2H3,(H,19,20). The molecule has 21 heavy (non-hydrogen) atoms. The highest BCUT2D eigenvalue weighted by Crippen LogP contribution is 2.25. The number of hydrogen-bond donors (Lipinski definition) is 1. The van der Waals surface area contributed by atoms with Gasteiger partial charge in [-0.25, -0.2) is 9.37 Å². The van der Waals surface area contributed by atoms with Crippen molar-refractivity contribution in [2.45, 2.75) is 13.0 Å². The van der Waals surface area contributed by atoms with Gasteiger partial charge in [0, 0.05) is 5.56 Å². The molecule has 0 aliphatic rings. The van der Waals surface area contributed by atoms with Gasteiger partial charge in [0.2, 0.25) is 0 Å². The Labute approximate surface area is 126 Å². The molecule has 0 saturated heterocycles. The zero-order valence-electron chi connectivity index (χ0n) is 11.6. The van der Waals surface area contributed by atoms with Gasteiger partial charge in [0.15, 0.2) is 0 Å². The summed E-state index contributed by atoms with van der Waals surface area (Å²) in [5, 5.41) is 2.70. The molecule has 0 aliphatic carbocycles. The van der Waals surface area contributed by atoms with Crippen LogP contribution in [0, 0.1) is 5.82 Å². The third-order valence-corrected chi connectivity index (χ3v) is 3.30. The van der Waals surface area contributed by atoms with E-state index in [0.717, 1.165) is 17.8 Å². The fourth-order valence-corrected chi connectivity index (χ4v) is 2.15. The summed E-state index contributed by atoms with van der Waals surface area (Å²) in [7, 11) is 1.56. The molecular formula is C15H14ClFN2O2. The molecule has 0 aliphatic heterocycles. The Hall–Kier alpha value is -2.14. The van der Waals surface area contributed by atoms with E-state index in [4.69, 9.17) is 16.3 Å². The first kappa shape index (κ1) is 15.3. The van der Waals surface area contributed by atoms with Gasteiger partial charge in [0.25, 0.3) is 5.91 Å². The highest BCUT2D eigenvalue weighted by Gasteiger charge is 2.17. The number of amides is 1. The first-order chi connectivity index (χ1) is 10.0. The van der Waals surface area contributed by atoms with Crippen LogP contribution in [-0.2, 0) is 0 Å². The molecule has 1 aromatic heterocycles. The third-order valence-electron chi connectivity index (χ3n) is 3.00. The minimum absolute atomic E-state index is 0.00147. The van der Waals surface area contributed by atoms with E-state index in [0.29, 0.717) is 5.75 Å². The number of benzene rings is 1. The van der Waals surface area contributed by atoms with Crippen molar-refractivity contribution in [2.75, 3.05) is 7.11 Å². The van der Waals surface area contributed by atoms with Gasteiger partial charge in [0.1, 0.15) is 16.7 Å². The maximum absolute atomic E-state index is 13.2. The van der Waals surface area contributed by atoms with E-state index in [1.54, 1.807) is 20.1 Å². The second kappa shape index (κ2) is 6.54. The molecule has 1 N–H and O–H groups in total. The predicted octanol–water partition coefficient (Wildman–Crippen LogP) is 3.37. The zero-order chi connectivity index (χ0) is 15.4. The van der Waals surface area contributed by atoms with Crippen LogP contribution in [0.4, 0.5) is 4.39 Å². The molecule has 1 atom stereocenters. The largest absolute Gasteiger partial charge is 0.496 e. The van der Waals surface area contributed by atoms with E-state index in [2.05, 4.69) is 10.3 Å². The number of methoxy groups -OCH3 is 1. The molecule has 1 heterocycles. The lowest BCUT2D eigenvalue weighted by Crippen LogP contribution is -2.27. The number of carbonyl (C=O) groups excluding carboxylic acids is 1. The number of aromatic nitrogens is 1. The van der Waals surface area contributed by atoms with Gasteiger partial charge in [-0.15, -0.1) is 0 Å². The van der Waals surface area contributed by atoms with E-state index in [9.17, 15) is 9.18 Å². The maximum Gasteiger partial charge on any atom is 0.254 e. The Morgan fingerprint density at radius 2 is 2.14 bits per heavy atom. The summed E-state index contributed by atoms with van der Waals surface area (Å²) >= 11 is 5.82. The molecule has 2 aromatic rings. The van der Waals surface area contributed by atoms with Crippen molar-refractivity contribution in [1.82, 2.24) is 10.3 Å². The topological polar surface area (TPSA) is 51.2 Å². The Morgan fingerprint density at radius 3 is 2.86 bits per heavy atom. The van der Waals surface area contributed by atoms with Crippen LogP contribution in [0.15, 0.2) is 36.5 Å². The summed E-state index contributed by atoms with van der Waals surface area (Å²) in [5.41, 5.74) is 0.812. The lowest BCUT2D eigenvalue weighted by atomic mass is 10.1. The van der Waals surface area contributed by atoms with E-state index in [1.807, 2.05) is 18.2 Å². The van der Waals surface area contributed by atoms with E-state index in [-0.39, 0.29) is 16.8 Å². The van der Waals surface area contributed by atoms with E-state index in [1.165, 1.54) is 0 Å². The summed E-state index contributed by atoms with van der Waals surface area (Å²) in [4.78, 5) is 15.8. The van der Waals surface area contributed by atoms with Crippen LogP contribution in [0.2, 0.25) is 5.15 Å². The molecule has 0 radical (unpaired) electrons. The number of nitrogens with one attached hydrogen (secondary N) is 1. The SMILES string of the molecule is COc1ccccc1C(C)NC(=O)c1cc(F)cnc1Cl. The first-order valence-corrected chi connectivity index (χ1v) is 6.65. The van der Waals surface area contributed by atoms with Crippen molar-refractivity contribution in [3.05, 3.63) is 58.6 Å². The Balaban J connectivity index is 2.21. The summed E-state index contributed by atoms with van der Waals surface area (Å²) in [6, 6.07) is 8.05. The van der Waals surface area contributed by atoms with Gasteiger partial charge < -0.3 is 10.1 Å².